The Labute approximate surface area is 102 Å². The lowest BCUT2D eigenvalue weighted by molar-refractivity contribution is 0.703. The van der Waals surface area contributed by atoms with E-state index in [2.05, 4.69) is 15.6 Å². The van der Waals surface area contributed by atoms with E-state index < -0.39 is 0 Å². The molecule has 6 heteroatoms. The first-order valence-corrected chi connectivity index (χ1v) is 6.40. The molecular weight excluding hydrogens is 236 g/mol. The summed E-state index contributed by atoms with van der Waals surface area (Å²) >= 11 is 1.50. The van der Waals surface area contributed by atoms with E-state index in [0.29, 0.717) is 11.6 Å². The van der Waals surface area contributed by atoms with Crippen LogP contribution >= 0.6 is 11.3 Å². The van der Waals surface area contributed by atoms with Crippen molar-refractivity contribution >= 4 is 11.3 Å². The number of rotatable bonds is 3. The van der Waals surface area contributed by atoms with E-state index >= 15 is 0 Å². The fraction of sp³-hybridized carbons (Fsp3) is 0.364. The lowest BCUT2D eigenvalue weighted by Crippen LogP contribution is -2.32. The topological polar surface area (TPSA) is 59.8 Å². The van der Waals surface area contributed by atoms with Crippen molar-refractivity contribution in [3.05, 3.63) is 33.7 Å². The van der Waals surface area contributed by atoms with Crippen LogP contribution in [-0.4, -0.2) is 21.9 Å². The number of thiophene rings is 1. The van der Waals surface area contributed by atoms with Gasteiger partial charge >= 0.3 is 0 Å². The van der Waals surface area contributed by atoms with Crippen LogP contribution in [0.5, 0.6) is 0 Å². The number of hydrogen-bond acceptors (Lipinski definition) is 5. The Balaban J connectivity index is 2.16. The Hall–Kier alpha value is -1.69. The van der Waals surface area contributed by atoms with Crippen molar-refractivity contribution in [1.82, 2.24) is 14.9 Å². The SMILES string of the molecule is CNn1c(C2CC2)nnc(-c2cccs2)c1=O. The van der Waals surface area contributed by atoms with Crippen LogP contribution < -0.4 is 11.0 Å². The minimum absolute atomic E-state index is 0.119. The van der Waals surface area contributed by atoms with E-state index in [1.54, 1.807) is 7.05 Å². The van der Waals surface area contributed by atoms with Crippen LogP contribution in [0.15, 0.2) is 22.3 Å². The van der Waals surface area contributed by atoms with Gasteiger partial charge in [-0.15, -0.1) is 21.5 Å². The summed E-state index contributed by atoms with van der Waals surface area (Å²) in [6, 6.07) is 3.78. The average molecular weight is 248 g/mol. The van der Waals surface area contributed by atoms with Crippen molar-refractivity contribution in [1.29, 1.82) is 0 Å². The molecule has 0 spiro atoms. The number of aromatic nitrogens is 3. The minimum Gasteiger partial charge on any atom is -0.324 e. The summed E-state index contributed by atoms with van der Waals surface area (Å²) in [5.41, 5.74) is 3.19. The molecule has 0 aromatic carbocycles. The second-order valence-electron chi connectivity index (χ2n) is 4.02. The van der Waals surface area contributed by atoms with Crippen molar-refractivity contribution in [2.45, 2.75) is 18.8 Å². The smallest absolute Gasteiger partial charge is 0.299 e. The highest BCUT2D eigenvalue weighted by molar-refractivity contribution is 7.13. The Kier molecular flexibility index (Phi) is 2.44. The molecule has 0 amide bonds. The highest BCUT2D eigenvalue weighted by Gasteiger charge is 2.30. The molecule has 1 N–H and O–H groups in total. The van der Waals surface area contributed by atoms with Gasteiger partial charge in [-0.3, -0.25) is 4.79 Å². The van der Waals surface area contributed by atoms with Crippen LogP contribution in [-0.2, 0) is 0 Å². The molecule has 0 unspecified atom stereocenters. The third kappa shape index (κ3) is 1.74. The van der Waals surface area contributed by atoms with Gasteiger partial charge in [0.2, 0.25) is 0 Å². The summed E-state index contributed by atoms with van der Waals surface area (Å²) in [6.45, 7) is 0. The van der Waals surface area contributed by atoms with Crippen LogP contribution in [0.1, 0.15) is 24.6 Å². The molecule has 17 heavy (non-hydrogen) atoms. The van der Waals surface area contributed by atoms with Crippen LogP contribution in [0.25, 0.3) is 10.6 Å². The van der Waals surface area contributed by atoms with E-state index in [4.69, 9.17) is 0 Å². The zero-order valence-corrected chi connectivity index (χ0v) is 10.2. The first-order chi connectivity index (χ1) is 8.31. The first kappa shape index (κ1) is 10.5. The van der Waals surface area contributed by atoms with Gasteiger partial charge in [-0.1, -0.05) is 6.07 Å². The summed E-state index contributed by atoms with van der Waals surface area (Å²) in [4.78, 5) is 13.1. The van der Waals surface area contributed by atoms with Crippen LogP contribution in [0.4, 0.5) is 0 Å². The maximum Gasteiger partial charge on any atom is 0.299 e. The van der Waals surface area contributed by atoms with Gasteiger partial charge in [0.25, 0.3) is 5.56 Å². The highest BCUT2D eigenvalue weighted by atomic mass is 32.1. The molecule has 2 heterocycles. The summed E-state index contributed by atoms with van der Waals surface area (Å²) in [5.74, 6) is 1.14. The largest absolute Gasteiger partial charge is 0.324 e. The molecule has 2 aromatic rings. The third-order valence-corrected chi connectivity index (χ3v) is 3.68. The molecule has 1 aliphatic carbocycles. The van der Waals surface area contributed by atoms with E-state index in [9.17, 15) is 4.79 Å². The van der Waals surface area contributed by atoms with Gasteiger partial charge in [-0.05, 0) is 24.3 Å². The molecule has 0 bridgehead atoms. The maximum atomic E-state index is 12.3. The van der Waals surface area contributed by atoms with E-state index in [-0.39, 0.29) is 5.56 Å². The number of hydrogen-bond donors (Lipinski definition) is 1. The highest BCUT2D eigenvalue weighted by Crippen LogP contribution is 2.38. The molecule has 1 saturated carbocycles. The van der Waals surface area contributed by atoms with Crippen molar-refractivity contribution in [3.8, 4) is 10.6 Å². The van der Waals surface area contributed by atoms with Gasteiger partial charge in [-0.25, -0.2) is 4.68 Å². The summed E-state index contributed by atoms with van der Waals surface area (Å²) in [5, 5.41) is 10.2. The van der Waals surface area contributed by atoms with Crippen molar-refractivity contribution in [2.24, 2.45) is 0 Å². The van der Waals surface area contributed by atoms with E-state index in [1.807, 2.05) is 17.5 Å². The standard InChI is InChI=1S/C11H12N4OS/c1-12-15-10(7-4-5-7)14-13-9(11(15)16)8-3-2-6-17-8/h2-3,6-7,12H,4-5H2,1H3. The first-order valence-electron chi connectivity index (χ1n) is 5.52. The fourth-order valence-corrected chi connectivity index (χ4v) is 2.49. The van der Waals surface area contributed by atoms with Gasteiger partial charge in [0.1, 0.15) is 0 Å². The molecule has 1 aliphatic rings. The zero-order valence-electron chi connectivity index (χ0n) is 9.38. The van der Waals surface area contributed by atoms with E-state index in [0.717, 1.165) is 23.5 Å². The molecule has 5 nitrogen and oxygen atoms in total. The average Bonchev–Trinajstić information content (AvgIpc) is 3.04. The van der Waals surface area contributed by atoms with Gasteiger partial charge in [0.05, 0.1) is 4.88 Å². The predicted octanol–water partition coefficient (Wildman–Crippen LogP) is 1.42. The monoisotopic (exact) mass is 248 g/mol. The molecule has 88 valence electrons. The van der Waals surface area contributed by atoms with Crippen LogP contribution in [0, 0.1) is 0 Å². The summed E-state index contributed by atoms with van der Waals surface area (Å²) < 4.78 is 1.51. The van der Waals surface area contributed by atoms with E-state index in [1.165, 1.54) is 16.0 Å². The van der Waals surface area contributed by atoms with Gasteiger partial charge in [0.15, 0.2) is 11.5 Å². The molecular formula is C11H12N4OS. The van der Waals surface area contributed by atoms with Crippen LogP contribution in [0.2, 0.25) is 0 Å². The number of nitrogens with zero attached hydrogens (tertiary/aromatic N) is 3. The van der Waals surface area contributed by atoms with Gasteiger partial charge < -0.3 is 5.43 Å². The normalized spacial score (nSPS) is 14.9. The maximum absolute atomic E-state index is 12.3. The lowest BCUT2D eigenvalue weighted by Gasteiger charge is -2.10. The lowest BCUT2D eigenvalue weighted by atomic mass is 10.3. The van der Waals surface area contributed by atoms with Gasteiger partial charge in [-0.2, -0.15) is 0 Å². The third-order valence-electron chi connectivity index (χ3n) is 2.81. The van der Waals surface area contributed by atoms with Crippen molar-refractivity contribution in [3.63, 3.8) is 0 Å². The quantitative estimate of drug-likeness (QED) is 0.892. The van der Waals surface area contributed by atoms with Crippen molar-refractivity contribution in [2.75, 3.05) is 12.5 Å². The Morgan fingerprint density at radius 3 is 2.88 bits per heavy atom. The predicted molar refractivity (Wildman–Crippen MR) is 66.9 cm³/mol. The Morgan fingerprint density at radius 1 is 1.47 bits per heavy atom. The molecule has 3 rings (SSSR count). The second-order valence-corrected chi connectivity index (χ2v) is 4.97. The molecule has 0 atom stereocenters. The summed E-state index contributed by atoms with van der Waals surface area (Å²) in [6.07, 6.45) is 2.18. The van der Waals surface area contributed by atoms with Crippen LogP contribution in [0.3, 0.4) is 0 Å². The molecule has 2 aromatic heterocycles. The second kappa shape index (κ2) is 3.96. The molecule has 0 radical (unpaired) electrons. The Morgan fingerprint density at radius 2 is 2.29 bits per heavy atom. The molecule has 0 aliphatic heterocycles. The van der Waals surface area contributed by atoms with Gasteiger partial charge in [0, 0.05) is 13.0 Å². The molecule has 1 fully saturated rings. The fourth-order valence-electron chi connectivity index (χ4n) is 1.79. The minimum atomic E-state index is -0.119. The summed E-state index contributed by atoms with van der Waals surface area (Å²) in [7, 11) is 1.73. The van der Waals surface area contributed by atoms with Crippen molar-refractivity contribution < 1.29 is 0 Å². The number of nitrogens with one attached hydrogen (secondary N) is 1. The Bertz CT molecular complexity index is 586. The zero-order chi connectivity index (χ0) is 11.8. The molecule has 0 saturated heterocycles.